The highest BCUT2D eigenvalue weighted by Gasteiger charge is 2.23. The first-order valence-electron chi connectivity index (χ1n) is 10.1. The highest BCUT2D eigenvalue weighted by atomic mass is 16.5. The number of pyridine rings is 1. The third-order valence-electron chi connectivity index (χ3n) is 4.67. The third-order valence-corrected chi connectivity index (χ3v) is 4.67. The minimum Gasteiger partial charge on any atom is -0.493 e. The smallest absolute Gasteiger partial charge is 0.248 e. The van der Waals surface area contributed by atoms with E-state index < -0.39 is 0 Å². The van der Waals surface area contributed by atoms with Crippen molar-refractivity contribution in [1.29, 1.82) is 0 Å². The Morgan fingerprint density at radius 3 is 2.63 bits per heavy atom. The van der Waals surface area contributed by atoms with E-state index in [2.05, 4.69) is 29.0 Å². The SMILES string of the molecule is CCOc1ccc(/C=C/C(=O)Nc2ccc(N3CC(C)OC(C)C3)nc2)cc1OC. The molecule has 160 valence electrons. The van der Waals surface area contributed by atoms with E-state index in [-0.39, 0.29) is 18.1 Å². The highest BCUT2D eigenvalue weighted by molar-refractivity contribution is 6.01. The molecule has 0 radical (unpaired) electrons. The Bertz CT molecular complexity index is 873. The van der Waals surface area contributed by atoms with Crippen LogP contribution in [0, 0.1) is 0 Å². The van der Waals surface area contributed by atoms with Crippen LogP contribution in [0.5, 0.6) is 11.5 Å². The van der Waals surface area contributed by atoms with Gasteiger partial charge in [0.15, 0.2) is 11.5 Å². The molecule has 30 heavy (non-hydrogen) atoms. The van der Waals surface area contributed by atoms with E-state index in [0.29, 0.717) is 23.8 Å². The lowest BCUT2D eigenvalue weighted by Crippen LogP contribution is -2.45. The number of carbonyl (C=O) groups is 1. The van der Waals surface area contributed by atoms with Gasteiger partial charge in [-0.2, -0.15) is 0 Å². The van der Waals surface area contributed by atoms with Crippen molar-refractivity contribution in [2.24, 2.45) is 0 Å². The number of nitrogens with zero attached hydrogens (tertiary/aromatic N) is 2. The predicted octanol–water partition coefficient (Wildman–Crippen LogP) is 3.75. The molecule has 0 spiro atoms. The van der Waals surface area contributed by atoms with Crippen LogP contribution in [0.15, 0.2) is 42.6 Å². The normalized spacial score (nSPS) is 19.0. The molecule has 2 aromatic rings. The van der Waals surface area contributed by atoms with E-state index in [1.807, 2.05) is 37.3 Å². The Morgan fingerprint density at radius 2 is 2.00 bits per heavy atom. The number of benzene rings is 1. The Morgan fingerprint density at radius 1 is 1.23 bits per heavy atom. The number of methoxy groups -OCH3 is 1. The van der Waals surface area contributed by atoms with Gasteiger partial charge in [0.25, 0.3) is 0 Å². The van der Waals surface area contributed by atoms with E-state index in [4.69, 9.17) is 14.2 Å². The number of hydrogen-bond donors (Lipinski definition) is 1. The number of morpholine rings is 1. The fourth-order valence-corrected chi connectivity index (χ4v) is 3.43. The van der Waals surface area contributed by atoms with Crippen LogP contribution in [0.4, 0.5) is 11.5 Å². The summed E-state index contributed by atoms with van der Waals surface area (Å²) in [4.78, 5) is 19.0. The van der Waals surface area contributed by atoms with Gasteiger partial charge < -0.3 is 24.4 Å². The van der Waals surface area contributed by atoms with Gasteiger partial charge in [-0.3, -0.25) is 4.79 Å². The molecule has 0 saturated carbocycles. The van der Waals surface area contributed by atoms with E-state index >= 15 is 0 Å². The molecule has 2 atom stereocenters. The summed E-state index contributed by atoms with van der Waals surface area (Å²) >= 11 is 0. The highest BCUT2D eigenvalue weighted by Crippen LogP contribution is 2.28. The van der Waals surface area contributed by atoms with Crippen LogP contribution in [-0.4, -0.2) is 49.9 Å². The third kappa shape index (κ3) is 5.73. The van der Waals surface area contributed by atoms with Crippen molar-refractivity contribution in [2.45, 2.75) is 33.0 Å². The summed E-state index contributed by atoms with van der Waals surface area (Å²) < 4.78 is 16.6. The lowest BCUT2D eigenvalue weighted by molar-refractivity contribution is -0.111. The van der Waals surface area contributed by atoms with Crippen molar-refractivity contribution in [3.05, 3.63) is 48.2 Å². The number of carbonyl (C=O) groups excluding carboxylic acids is 1. The molecule has 1 N–H and O–H groups in total. The molecular weight excluding hydrogens is 382 g/mol. The second-order valence-corrected chi connectivity index (χ2v) is 7.23. The van der Waals surface area contributed by atoms with E-state index in [0.717, 1.165) is 24.5 Å². The number of rotatable bonds is 7. The minimum absolute atomic E-state index is 0.168. The van der Waals surface area contributed by atoms with Gasteiger partial charge in [-0.15, -0.1) is 0 Å². The summed E-state index contributed by atoms with van der Waals surface area (Å²) in [5.41, 5.74) is 1.49. The summed E-state index contributed by atoms with van der Waals surface area (Å²) in [5, 5.41) is 2.83. The molecule has 0 bridgehead atoms. The average molecular weight is 412 g/mol. The van der Waals surface area contributed by atoms with Crippen molar-refractivity contribution < 1.29 is 19.0 Å². The number of ether oxygens (including phenoxy) is 3. The zero-order valence-electron chi connectivity index (χ0n) is 17.9. The molecule has 2 unspecified atom stereocenters. The van der Waals surface area contributed by atoms with Crippen LogP contribution >= 0.6 is 0 Å². The quantitative estimate of drug-likeness (QED) is 0.700. The van der Waals surface area contributed by atoms with Crippen LogP contribution in [0.1, 0.15) is 26.3 Å². The second kappa shape index (κ2) is 10.1. The van der Waals surface area contributed by atoms with E-state index in [1.54, 1.807) is 19.4 Å². The summed E-state index contributed by atoms with van der Waals surface area (Å²) in [7, 11) is 1.59. The Balaban J connectivity index is 1.59. The van der Waals surface area contributed by atoms with Gasteiger partial charge in [-0.25, -0.2) is 4.98 Å². The van der Waals surface area contributed by atoms with Crippen molar-refractivity contribution in [2.75, 3.05) is 37.0 Å². The van der Waals surface area contributed by atoms with Crippen LogP contribution in [0.3, 0.4) is 0 Å². The lowest BCUT2D eigenvalue weighted by Gasteiger charge is -2.36. The molecule has 7 nitrogen and oxygen atoms in total. The fourth-order valence-electron chi connectivity index (χ4n) is 3.43. The molecule has 1 aliphatic heterocycles. The number of nitrogens with one attached hydrogen (secondary N) is 1. The van der Waals surface area contributed by atoms with Crippen LogP contribution in [0.25, 0.3) is 6.08 Å². The maximum absolute atomic E-state index is 12.3. The lowest BCUT2D eigenvalue weighted by atomic mass is 10.2. The zero-order chi connectivity index (χ0) is 21.5. The van der Waals surface area contributed by atoms with E-state index in [1.165, 1.54) is 6.08 Å². The molecule has 7 heteroatoms. The average Bonchev–Trinajstić information content (AvgIpc) is 2.73. The van der Waals surface area contributed by atoms with Gasteiger partial charge in [0.2, 0.25) is 5.91 Å². The van der Waals surface area contributed by atoms with Crippen LogP contribution in [0.2, 0.25) is 0 Å². The van der Waals surface area contributed by atoms with Gasteiger partial charge in [-0.1, -0.05) is 6.07 Å². The number of anilines is 2. The summed E-state index contributed by atoms with van der Waals surface area (Å²) in [6, 6.07) is 9.31. The zero-order valence-corrected chi connectivity index (χ0v) is 17.9. The van der Waals surface area contributed by atoms with Crippen molar-refractivity contribution >= 4 is 23.5 Å². The molecule has 1 saturated heterocycles. The maximum Gasteiger partial charge on any atom is 0.248 e. The summed E-state index contributed by atoms with van der Waals surface area (Å²) in [6.45, 7) is 8.20. The standard InChI is InChI=1S/C23H29N3O4/c1-5-29-20-9-6-18(12-21(20)28-4)7-11-23(27)25-19-8-10-22(24-13-19)26-14-16(2)30-17(3)15-26/h6-13,16-17H,5,14-15H2,1-4H3,(H,25,27)/b11-7+. The maximum atomic E-state index is 12.3. The van der Waals surface area contributed by atoms with Crippen molar-refractivity contribution in [3.8, 4) is 11.5 Å². The number of aromatic nitrogens is 1. The Hall–Kier alpha value is -3.06. The Labute approximate surface area is 177 Å². The van der Waals surface area contributed by atoms with Gasteiger partial charge in [0.1, 0.15) is 5.82 Å². The van der Waals surface area contributed by atoms with Gasteiger partial charge in [0, 0.05) is 19.2 Å². The van der Waals surface area contributed by atoms with Crippen molar-refractivity contribution in [3.63, 3.8) is 0 Å². The Kier molecular flexibility index (Phi) is 7.30. The molecule has 1 aromatic heterocycles. The summed E-state index contributed by atoms with van der Waals surface area (Å²) in [5.74, 6) is 1.96. The second-order valence-electron chi connectivity index (χ2n) is 7.23. The van der Waals surface area contributed by atoms with Gasteiger partial charge >= 0.3 is 0 Å². The van der Waals surface area contributed by atoms with Gasteiger partial charge in [-0.05, 0) is 56.7 Å². The largest absolute Gasteiger partial charge is 0.493 e. The molecule has 1 fully saturated rings. The van der Waals surface area contributed by atoms with Gasteiger partial charge in [0.05, 0.1) is 37.8 Å². The van der Waals surface area contributed by atoms with Crippen LogP contribution < -0.4 is 19.7 Å². The number of amides is 1. The predicted molar refractivity (Wildman–Crippen MR) is 118 cm³/mol. The molecule has 2 heterocycles. The van der Waals surface area contributed by atoms with E-state index in [9.17, 15) is 4.79 Å². The first-order valence-corrected chi connectivity index (χ1v) is 10.1. The molecule has 1 aliphatic rings. The first-order chi connectivity index (χ1) is 14.5. The monoisotopic (exact) mass is 411 g/mol. The molecule has 1 aromatic carbocycles. The topological polar surface area (TPSA) is 72.9 Å². The molecule has 0 aliphatic carbocycles. The van der Waals surface area contributed by atoms with Crippen molar-refractivity contribution in [1.82, 2.24) is 4.98 Å². The molecular formula is C23H29N3O4. The molecule has 1 amide bonds. The summed E-state index contributed by atoms with van der Waals surface area (Å²) in [6.07, 6.45) is 5.22. The first kappa shape index (κ1) is 21.6. The molecule has 3 rings (SSSR count). The number of hydrogen-bond acceptors (Lipinski definition) is 6. The minimum atomic E-state index is -0.231. The fraction of sp³-hybridized carbons (Fsp3) is 0.391. The van der Waals surface area contributed by atoms with Crippen LogP contribution in [-0.2, 0) is 9.53 Å².